The van der Waals surface area contributed by atoms with Gasteiger partial charge in [0, 0.05) is 25.7 Å². The molecular formula is C14H25N7. The first-order chi connectivity index (χ1) is 10.1. The maximum absolute atomic E-state index is 4.53. The molecule has 7 nitrogen and oxygen atoms in total. The lowest BCUT2D eigenvalue weighted by atomic mass is 10.3. The van der Waals surface area contributed by atoms with Gasteiger partial charge in [-0.1, -0.05) is 6.92 Å². The van der Waals surface area contributed by atoms with Gasteiger partial charge in [0.05, 0.1) is 6.33 Å². The van der Waals surface area contributed by atoms with Gasteiger partial charge in [0.15, 0.2) is 11.5 Å². The molecule has 0 bridgehead atoms. The molecule has 0 aromatic carbocycles. The summed E-state index contributed by atoms with van der Waals surface area (Å²) in [6.07, 6.45) is 2.68. The molecular weight excluding hydrogens is 266 g/mol. The van der Waals surface area contributed by atoms with Crippen LogP contribution in [-0.2, 0) is 0 Å². The van der Waals surface area contributed by atoms with Gasteiger partial charge in [-0.15, -0.1) is 0 Å². The molecule has 2 aromatic heterocycles. The van der Waals surface area contributed by atoms with E-state index in [-0.39, 0.29) is 0 Å². The molecule has 0 aliphatic rings. The van der Waals surface area contributed by atoms with E-state index in [0.717, 1.165) is 37.4 Å². The number of H-pyrrole nitrogens is 1. The van der Waals surface area contributed by atoms with Crippen molar-refractivity contribution in [3.8, 4) is 0 Å². The SMILES string of the molecule is CCCNc1nc(NCCN(C)C(C)C)c2[nH]cnc2n1. The highest BCUT2D eigenvalue weighted by Crippen LogP contribution is 2.18. The summed E-state index contributed by atoms with van der Waals surface area (Å²) in [6, 6.07) is 0.533. The molecule has 116 valence electrons. The van der Waals surface area contributed by atoms with Gasteiger partial charge >= 0.3 is 0 Å². The van der Waals surface area contributed by atoms with Crippen LogP contribution in [0.1, 0.15) is 27.2 Å². The fourth-order valence-electron chi connectivity index (χ4n) is 1.89. The van der Waals surface area contributed by atoms with E-state index in [2.05, 4.69) is 63.3 Å². The normalized spacial score (nSPS) is 11.5. The number of nitrogens with one attached hydrogen (secondary N) is 3. The second kappa shape index (κ2) is 7.21. The van der Waals surface area contributed by atoms with E-state index in [1.807, 2.05) is 0 Å². The molecule has 0 aliphatic carbocycles. The van der Waals surface area contributed by atoms with E-state index >= 15 is 0 Å². The second-order valence-corrected chi connectivity index (χ2v) is 5.42. The lowest BCUT2D eigenvalue weighted by molar-refractivity contribution is 0.284. The van der Waals surface area contributed by atoms with Gasteiger partial charge in [0.25, 0.3) is 0 Å². The van der Waals surface area contributed by atoms with Crippen LogP contribution in [0.2, 0.25) is 0 Å². The summed E-state index contributed by atoms with van der Waals surface area (Å²) in [6.45, 7) is 9.11. The zero-order valence-electron chi connectivity index (χ0n) is 13.3. The number of anilines is 2. The van der Waals surface area contributed by atoms with E-state index < -0.39 is 0 Å². The number of nitrogens with zero attached hydrogens (tertiary/aromatic N) is 4. The average Bonchev–Trinajstić information content (AvgIpc) is 2.93. The minimum absolute atomic E-state index is 0.533. The molecule has 7 heteroatoms. The van der Waals surface area contributed by atoms with Crippen molar-refractivity contribution in [2.24, 2.45) is 0 Å². The Kier molecular flexibility index (Phi) is 5.32. The summed E-state index contributed by atoms with van der Waals surface area (Å²) in [7, 11) is 2.12. The number of fused-ring (bicyclic) bond motifs is 1. The summed E-state index contributed by atoms with van der Waals surface area (Å²) in [4.78, 5) is 18.5. The van der Waals surface area contributed by atoms with Gasteiger partial charge in [-0.25, -0.2) is 4.98 Å². The van der Waals surface area contributed by atoms with Gasteiger partial charge < -0.3 is 20.5 Å². The third kappa shape index (κ3) is 4.04. The Morgan fingerprint density at radius 3 is 2.76 bits per heavy atom. The maximum atomic E-state index is 4.53. The summed E-state index contributed by atoms with van der Waals surface area (Å²) >= 11 is 0. The smallest absolute Gasteiger partial charge is 0.226 e. The van der Waals surface area contributed by atoms with E-state index in [1.165, 1.54) is 0 Å². The fraction of sp³-hybridized carbons (Fsp3) is 0.643. The quantitative estimate of drug-likeness (QED) is 0.689. The van der Waals surface area contributed by atoms with Crippen molar-refractivity contribution in [2.75, 3.05) is 37.3 Å². The third-order valence-electron chi connectivity index (χ3n) is 3.46. The van der Waals surface area contributed by atoms with Crippen LogP contribution in [0, 0.1) is 0 Å². The molecule has 0 aliphatic heterocycles. The van der Waals surface area contributed by atoms with Crippen LogP contribution in [0.15, 0.2) is 6.33 Å². The lowest BCUT2D eigenvalue weighted by Gasteiger charge is -2.21. The molecule has 2 rings (SSSR count). The monoisotopic (exact) mass is 291 g/mol. The van der Waals surface area contributed by atoms with Gasteiger partial charge in [-0.2, -0.15) is 9.97 Å². The third-order valence-corrected chi connectivity index (χ3v) is 3.46. The van der Waals surface area contributed by atoms with Crippen molar-refractivity contribution in [3.05, 3.63) is 6.33 Å². The highest BCUT2D eigenvalue weighted by Gasteiger charge is 2.10. The molecule has 0 saturated heterocycles. The zero-order valence-corrected chi connectivity index (χ0v) is 13.3. The average molecular weight is 291 g/mol. The van der Waals surface area contributed by atoms with Gasteiger partial charge in [-0.05, 0) is 27.3 Å². The molecule has 0 fully saturated rings. The fourth-order valence-corrected chi connectivity index (χ4v) is 1.89. The van der Waals surface area contributed by atoms with Gasteiger partial charge in [0.2, 0.25) is 5.95 Å². The topological polar surface area (TPSA) is 81.8 Å². The number of imidazole rings is 1. The zero-order chi connectivity index (χ0) is 15.2. The molecule has 0 saturated carbocycles. The van der Waals surface area contributed by atoms with Crippen LogP contribution in [0.5, 0.6) is 0 Å². The van der Waals surface area contributed by atoms with Crippen molar-refractivity contribution in [2.45, 2.75) is 33.2 Å². The van der Waals surface area contributed by atoms with Crippen molar-refractivity contribution in [1.29, 1.82) is 0 Å². The van der Waals surface area contributed by atoms with E-state index in [9.17, 15) is 0 Å². The molecule has 3 N–H and O–H groups in total. The van der Waals surface area contributed by atoms with Crippen LogP contribution in [0.4, 0.5) is 11.8 Å². The van der Waals surface area contributed by atoms with Gasteiger partial charge in [0.1, 0.15) is 5.52 Å². The summed E-state index contributed by atoms with van der Waals surface area (Å²) in [5.41, 5.74) is 1.53. The Balaban J connectivity index is 2.08. The predicted molar refractivity (Wildman–Crippen MR) is 86.7 cm³/mol. The first-order valence-electron chi connectivity index (χ1n) is 7.51. The molecule has 2 aromatic rings. The van der Waals surface area contributed by atoms with Crippen LogP contribution in [0.25, 0.3) is 11.2 Å². The first kappa shape index (κ1) is 15.5. The lowest BCUT2D eigenvalue weighted by Crippen LogP contribution is -2.31. The highest BCUT2D eigenvalue weighted by molar-refractivity contribution is 5.83. The van der Waals surface area contributed by atoms with Crippen molar-refractivity contribution in [3.63, 3.8) is 0 Å². The molecule has 0 amide bonds. The number of hydrogen-bond acceptors (Lipinski definition) is 6. The Hall–Kier alpha value is -1.89. The minimum atomic E-state index is 0.533. The predicted octanol–water partition coefficient (Wildman–Crippen LogP) is 1.93. The standard InChI is InChI=1S/C14H25N7/c1-5-6-16-14-19-12(11-13(20-14)18-9-17-11)15-7-8-21(4)10(2)3/h9-10H,5-8H2,1-4H3,(H3,15,16,17,18,19,20). The van der Waals surface area contributed by atoms with E-state index in [1.54, 1.807) is 6.33 Å². The Morgan fingerprint density at radius 1 is 1.24 bits per heavy atom. The number of likely N-dealkylation sites (N-methyl/N-ethyl adjacent to an activating group) is 1. The molecule has 0 atom stereocenters. The maximum Gasteiger partial charge on any atom is 0.226 e. The molecule has 0 unspecified atom stereocenters. The van der Waals surface area contributed by atoms with Gasteiger partial charge in [-0.3, -0.25) is 0 Å². The largest absolute Gasteiger partial charge is 0.367 e. The summed E-state index contributed by atoms with van der Waals surface area (Å²) < 4.78 is 0. The Bertz CT molecular complexity index is 563. The second-order valence-electron chi connectivity index (χ2n) is 5.42. The van der Waals surface area contributed by atoms with Crippen LogP contribution in [-0.4, -0.2) is 57.6 Å². The Morgan fingerprint density at radius 2 is 2.05 bits per heavy atom. The number of aromatic amines is 1. The minimum Gasteiger partial charge on any atom is -0.367 e. The number of hydrogen-bond donors (Lipinski definition) is 3. The van der Waals surface area contributed by atoms with Crippen molar-refractivity contribution >= 4 is 22.9 Å². The van der Waals surface area contributed by atoms with Crippen LogP contribution >= 0.6 is 0 Å². The Labute approximate surface area is 125 Å². The molecule has 21 heavy (non-hydrogen) atoms. The highest BCUT2D eigenvalue weighted by atomic mass is 15.2. The number of rotatable bonds is 8. The summed E-state index contributed by atoms with van der Waals surface area (Å²) in [5, 5.41) is 6.58. The molecule has 0 radical (unpaired) electrons. The van der Waals surface area contributed by atoms with Crippen LogP contribution < -0.4 is 10.6 Å². The van der Waals surface area contributed by atoms with E-state index in [0.29, 0.717) is 17.6 Å². The van der Waals surface area contributed by atoms with Crippen LogP contribution in [0.3, 0.4) is 0 Å². The number of aromatic nitrogens is 4. The van der Waals surface area contributed by atoms with Crippen molar-refractivity contribution in [1.82, 2.24) is 24.8 Å². The molecule has 0 spiro atoms. The molecule has 2 heterocycles. The van der Waals surface area contributed by atoms with Crippen molar-refractivity contribution < 1.29 is 0 Å². The van der Waals surface area contributed by atoms with E-state index in [4.69, 9.17) is 0 Å². The first-order valence-corrected chi connectivity index (χ1v) is 7.51. The summed E-state index contributed by atoms with van der Waals surface area (Å²) in [5.74, 6) is 1.42.